The van der Waals surface area contributed by atoms with Crippen molar-refractivity contribution in [1.29, 1.82) is 0 Å². The van der Waals surface area contributed by atoms with Crippen LogP contribution in [0, 0.1) is 5.41 Å². The van der Waals surface area contributed by atoms with Gasteiger partial charge in [-0.2, -0.15) is 0 Å². The molecule has 1 aliphatic carbocycles. The van der Waals surface area contributed by atoms with E-state index < -0.39 is 5.41 Å². The van der Waals surface area contributed by atoms with E-state index in [1.54, 1.807) is 11.9 Å². The van der Waals surface area contributed by atoms with Crippen molar-refractivity contribution < 1.29 is 9.59 Å². The summed E-state index contributed by atoms with van der Waals surface area (Å²) in [5.41, 5.74) is 5.24. The van der Waals surface area contributed by atoms with E-state index >= 15 is 0 Å². The van der Waals surface area contributed by atoms with E-state index in [-0.39, 0.29) is 17.9 Å². The Bertz CT molecular complexity index is 431. The van der Waals surface area contributed by atoms with Crippen LogP contribution in [0.2, 0.25) is 0 Å². The van der Waals surface area contributed by atoms with Gasteiger partial charge in [0.15, 0.2) is 0 Å². The minimum atomic E-state index is -0.734. The van der Waals surface area contributed by atoms with Crippen LogP contribution in [0.15, 0.2) is 0 Å². The molecule has 0 aromatic rings. The van der Waals surface area contributed by atoms with Gasteiger partial charge in [-0.05, 0) is 25.7 Å². The van der Waals surface area contributed by atoms with Gasteiger partial charge in [0.05, 0.1) is 10.4 Å². The van der Waals surface area contributed by atoms with E-state index in [4.69, 9.17) is 18.0 Å². The van der Waals surface area contributed by atoms with Crippen molar-refractivity contribution in [3.05, 3.63) is 0 Å². The summed E-state index contributed by atoms with van der Waals surface area (Å²) in [5, 5.41) is 2.65. The number of nitrogens with one attached hydrogen (secondary N) is 1. The highest BCUT2D eigenvalue weighted by atomic mass is 32.1. The lowest BCUT2D eigenvalue weighted by Gasteiger charge is -2.36. The Morgan fingerprint density at radius 2 is 1.81 bits per heavy atom. The Labute approximate surface area is 131 Å². The monoisotopic (exact) mass is 311 g/mol. The Balaban J connectivity index is 2.25. The molecule has 2 rings (SSSR count). The largest absolute Gasteiger partial charge is 0.392 e. The normalized spacial score (nSPS) is 25.2. The number of rotatable bonds is 3. The first-order valence-corrected chi connectivity index (χ1v) is 8.26. The molecule has 21 heavy (non-hydrogen) atoms. The molecular weight excluding hydrogens is 286 g/mol. The number of likely N-dealkylation sites (N-methyl/N-ethyl adjacent to an activating group) is 1. The molecule has 5 nitrogen and oxygen atoms in total. The lowest BCUT2D eigenvalue weighted by molar-refractivity contribution is -0.144. The standard InChI is InChI=1S/C15H25N3O2S/c1-17-12(19)11-7-6-10-18(11)14(20)15(13(16)21)8-4-2-3-5-9-15/h11H,2-10H2,1H3,(H2,16,21)(H,17,19). The summed E-state index contributed by atoms with van der Waals surface area (Å²) >= 11 is 5.26. The smallest absolute Gasteiger partial charge is 0.242 e. The number of hydrogen-bond donors (Lipinski definition) is 2. The van der Waals surface area contributed by atoms with Crippen LogP contribution in [0.1, 0.15) is 51.4 Å². The Kier molecular flexibility index (Phi) is 5.19. The Morgan fingerprint density at radius 1 is 1.19 bits per heavy atom. The summed E-state index contributed by atoms with van der Waals surface area (Å²) in [6, 6.07) is -0.364. The lowest BCUT2D eigenvalue weighted by Crippen LogP contribution is -2.54. The maximum Gasteiger partial charge on any atom is 0.242 e. The predicted molar refractivity (Wildman–Crippen MR) is 85.7 cm³/mol. The average Bonchev–Trinajstić information content (AvgIpc) is 2.82. The van der Waals surface area contributed by atoms with E-state index in [9.17, 15) is 9.59 Å². The molecule has 1 saturated heterocycles. The molecule has 0 aromatic heterocycles. The zero-order chi connectivity index (χ0) is 15.5. The highest BCUT2D eigenvalue weighted by molar-refractivity contribution is 7.80. The van der Waals surface area contributed by atoms with Gasteiger partial charge in [0.25, 0.3) is 0 Å². The van der Waals surface area contributed by atoms with Crippen molar-refractivity contribution in [1.82, 2.24) is 10.2 Å². The van der Waals surface area contributed by atoms with E-state index in [0.29, 0.717) is 11.5 Å². The van der Waals surface area contributed by atoms with Gasteiger partial charge in [-0.25, -0.2) is 0 Å². The maximum absolute atomic E-state index is 13.1. The number of nitrogens with zero attached hydrogens (tertiary/aromatic N) is 1. The van der Waals surface area contributed by atoms with E-state index in [1.807, 2.05) is 0 Å². The number of hydrogen-bond acceptors (Lipinski definition) is 3. The van der Waals surface area contributed by atoms with Crippen LogP contribution in [0.4, 0.5) is 0 Å². The Hall–Kier alpha value is -1.17. The number of carbonyl (C=O) groups is 2. The van der Waals surface area contributed by atoms with Crippen molar-refractivity contribution in [3.63, 3.8) is 0 Å². The summed E-state index contributed by atoms with van der Waals surface area (Å²) in [4.78, 5) is 27.1. The molecular formula is C15H25N3O2S. The maximum atomic E-state index is 13.1. The summed E-state index contributed by atoms with van der Waals surface area (Å²) in [5.74, 6) is -0.115. The van der Waals surface area contributed by atoms with Gasteiger partial charge >= 0.3 is 0 Å². The SMILES string of the molecule is CNC(=O)C1CCCN1C(=O)C1(C(N)=S)CCCCCC1. The van der Waals surface area contributed by atoms with Gasteiger partial charge in [-0.3, -0.25) is 9.59 Å². The first-order chi connectivity index (χ1) is 10.0. The molecule has 6 heteroatoms. The van der Waals surface area contributed by atoms with Crippen LogP contribution < -0.4 is 11.1 Å². The van der Waals surface area contributed by atoms with Crippen LogP contribution in [0.3, 0.4) is 0 Å². The molecule has 0 radical (unpaired) electrons. The summed E-state index contributed by atoms with van der Waals surface area (Å²) < 4.78 is 0. The van der Waals surface area contributed by atoms with Gasteiger partial charge in [0, 0.05) is 13.6 Å². The quantitative estimate of drug-likeness (QED) is 0.609. The van der Waals surface area contributed by atoms with Crippen LogP contribution in [0.25, 0.3) is 0 Å². The lowest BCUT2D eigenvalue weighted by atomic mass is 9.78. The molecule has 2 aliphatic rings. The summed E-state index contributed by atoms with van der Waals surface area (Å²) in [6.07, 6.45) is 7.21. The summed E-state index contributed by atoms with van der Waals surface area (Å²) in [7, 11) is 1.61. The third-order valence-electron chi connectivity index (χ3n) is 4.90. The molecule has 1 atom stereocenters. The Morgan fingerprint density at radius 3 is 2.33 bits per heavy atom. The van der Waals surface area contributed by atoms with Gasteiger partial charge < -0.3 is 16.0 Å². The van der Waals surface area contributed by atoms with Gasteiger partial charge in [0.2, 0.25) is 11.8 Å². The summed E-state index contributed by atoms with van der Waals surface area (Å²) in [6.45, 7) is 0.626. The predicted octanol–water partition coefficient (Wildman–Crippen LogP) is 1.35. The van der Waals surface area contributed by atoms with E-state index in [2.05, 4.69) is 5.32 Å². The number of carbonyl (C=O) groups excluding carboxylic acids is 2. The molecule has 118 valence electrons. The topological polar surface area (TPSA) is 75.4 Å². The fourth-order valence-electron chi connectivity index (χ4n) is 3.62. The average molecular weight is 311 g/mol. The van der Waals surface area contributed by atoms with Crippen molar-refractivity contribution >= 4 is 29.0 Å². The van der Waals surface area contributed by atoms with Gasteiger partial charge in [-0.1, -0.05) is 37.9 Å². The zero-order valence-corrected chi connectivity index (χ0v) is 13.5. The number of likely N-dealkylation sites (tertiary alicyclic amines) is 1. The fourth-order valence-corrected chi connectivity index (χ4v) is 3.91. The molecule has 0 aromatic carbocycles. The highest BCUT2D eigenvalue weighted by Gasteiger charge is 2.47. The molecule has 0 bridgehead atoms. The fraction of sp³-hybridized carbons (Fsp3) is 0.800. The third-order valence-corrected chi connectivity index (χ3v) is 5.29. The third kappa shape index (κ3) is 3.05. The highest BCUT2D eigenvalue weighted by Crippen LogP contribution is 2.39. The zero-order valence-electron chi connectivity index (χ0n) is 12.7. The molecule has 2 amide bonds. The van der Waals surface area contributed by atoms with Crippen LogP contribution >= 0.6 is 12.2 Å². The van der Waals surface area contributed by atoms with Gasteiger partial charge in [0.1, 0.15) is 6.04 Å². The molecule has 1 unspecified atom stereocenters. The number of thiocarbonyl (C=S) groups is 1. The number of nitrogens with two attached hydrogens (primary N) is 1. The second kappa shape index (κ2) is 6.73. The number of amides is 2. The molecule has 3 N–H and O–H groups in total. The van der Waals surface area contributed by atoms with Crippen LogP contribution in [-0.4, -0.2) is 41.3 Å². The van der Waals surface area contributed by atoms with Crippen molar-refractivity contribution in [3.8, 4) is 0 Å². The second-order valence-corrected chi connectivity index (χ2v) is 6.57. The van der Waals surface area contributed by atoms with Crippen molar-refractivity contribution in [2.24, 2.45) is 11.1 Å². The molecule has 1 heterocycles. The molecule has 1 aliphatic heterocycles. The van der Waals surface area contributed by atoms with Crippen LogP contribution in [0.5, 0.6) is 0 Å². The second-order valence-electron chi connectivity index (χ2n) is 6.13. The van der Waals surface area contributed by atoms with Gasteiger partial charge in [-0.15, -0.1) is 0 Å². The molecule has 0 spiro atoms. The van der Waals surface area contributed by atoms with Crippen molar-refractivity contribution in [2.75, 3.05) is 13.6 Å². The first-order valence-electron chi connectivity index (χ1n) is 7.85. The van der Waals surface area contributed by atoms with Crippen molar-refractivity contribution in [2.45, 2.75) is 57.4 Å². The first kappa shape index (κ1) is 16.2. The van der Waals surface area contributed by atoms with E-state index in [0.717, 1.165) is 51.4 Å². The van der Waals surface area contributed by atoms with E-state index in [1.165, 1.54) is 0 Å². The molecule has 1 saturated carbocycles. The van der Waals surface area contributed by atoms with Crippen LogP contribution in [-0.2, 0) is 9.59 Å². The molecule has 2 fully saturated rings. The minimum Gasteiger partial charge on any atom is -0.392 e. The minimum absolute atomic E-state index is 0.0250.